The molecule has 0 saturated carbocycles. The highest BCUT2D eigenvalue weighted by atomic mass is 16.7. The Morgan fingerprint density at radius 2 is 1.82 bits per heavy atom. The molecule has 0 aliphatic rings. The average molecular weight is 242 g/mol. The molecule has 0 spiro atoms. The van der Waals surface area contributed by atoms with Crippen molar-refractivity contribution in [3.8, 4) is 11.5 Å². The number of aliphatic hydroxyl groups excluding tert-OH is 1. The van der Waals surface area contributed by atoms with Gasteiger partial charge in [-0.15, -0.1) is 0 Å². The Kier molecular flexibility index (Phi) is 5.76. The van der Waals surface area contributed by atoms with Gasteiger partial charge in [0.05, 0.1) is 13.7 Å². The summed E-state index contributed by atoms with van der Waals surface area (Å²) < 4.78 is 20.7. The van der Waals surface area contributed by atoms with E-state index in [2.05, 4.69) is 0 Å². The molecule has 0 bridgehead atoms. The molecule has 1 aromatic carbocycles. The monoisotopic (exact) mass is 242 g/mol. The van der Waals surface area contributed by atoms with Crippen LogP contribution in [0.15, 0.2) is 18.2 Å². The van der Waals surface area contributed by atoms with Gasteiger partial charge in [0.2, 0.25) is 0 Å². The molecular weight excluding hydrogens is 224 g/mol. The van der Waals surface area contributed by atoms with Crippen molar-refractivity contribution in [2.45, 2.75) is 12.9 Å². The largest absolute Gasteiger partial charge is 0.493 e. The molecule has 5 heteroatoms. The van der Waals surface area contributed by atoms with Crippen LogP contribution in [0.5, 0.6) is 11.5 Å². The molecule has 0 aliphatic carbocycles. The molecule has 1 rings (SSSR count). The second kappa shape index (κ2) is 7.11. The van der Waals surface area contributed by atoms with Crippen molar-refractivity contribution in [2.24, 2.45) is 0 Å². The summed E-state index contributed by atoms with van der Waals surface area (Å²) in [6, 6.07) is 5.24. The summed E-state index contributed by atoms with van der Waals surface area (Å²) in [5.41, 5.74) is 0.768. The lowest BCUT2D eigenvalue weighted by atomic mass is 10.2. The smallest absolute Gasteiger partial charge is 0.191 e. The maximum Gasteiger partial charge on any atom is 0.191 e. The van der Waals surface area contributed by atoms with Gasteiger partial charge in [0.1, 0.15) is 6.61 Å². The van der Waals surface area contributed by atoms with Crippen molar-refractivity contribution in [3.05, 3.63) is 23.8 Å². The van der Waals surface area contributed by atoms with Crippen LogP contribution in [0.2, 0.25) is 0 Å². The van der Waals surface area contributed by atoms with Gasteiger partial charge in [0.15, 0.2) is 17.8 Å². The number of rotatable bonds is 7. The highest BCUT2D eigenvalue weighted by molar-refractivity contribution is 5.42. The highest BCUT2D eigenvalue weighted by Crippen LogP contribution is 2.28. The van der Waals surface area contributed by atoms with Crippen molar-refractivity contribution < 1.29 is 24.1 Å². The molecule has 0 aliphatic heterocycles. The lowest BCUT2D eigenvalue weighted by Gasteiger charge is -2.16. The summed E-state index contributed by atoms with van der Waals surface area (Å²) in [6.07, 6.45) is -0.419. The molecule has 0 amide bonds. The van der Waals surface area contributed by atoms with Crippen molar-refractivity contribution in [3.63, 3.8) is 0 Å². The van der Waals surface area contributed by atoms with E-state index in [4.69, 9.17) is 24.1 Å². The van der Waals surface area contributed by atoms with Gasteiger partial charge in [0, 0.05) is 14.2 Å². The summed E-state index contributed by atoms with van der Waals surface area (Å²) in [4.78, 5) is 0. The Morgan fingerprint density at radius 1 is 1.12 bits per heavy atom. The molecule has 0 heterocycles. The van der Waals surface area contributed by atoms with Crippen LogP contribution in [0.4, 0.5) is 0 Å². The first kappa shape index (κ1) is 13.8. The average Bonchev–Trinajstić information content (AvgIpc) is 2.39. The van der Waals surface area contributed by atoms with Crippen molar-refractivity contribution in [1.82, 2.24) is 0 Å². The van der Waals surface area contributed by atoms with E-state index < -0.39 is 6.29 Å². The molecule has 0 saturated heterocycles. The molecule has 5 nitrogen and oxygen atoms in total. The van der Waals surface area contributed by atoms with Crippen LogP contribution in [-0.2, 0) is 16.1 Å². The molecule has 17 heavy (non-hydrogen) atoms. The topological polar surface area (TPSA) is 57.2 Å². The number of ether oxygens (including phenoxy) is 4. The molecule has 0 radical (unpaired) electrons. The van der Waals surface area contributed by atoms with E-state index in [1.54, 1.807) is 39.5 Å². The van der Waals surface area contributed by atoms with Crippen molar-refractivity contribution in [2.75, 3.05) is 27.9 Å². The van der Waals surface area contributed by atoms with Crippen LogP contribution in [-0.4, -0.2) is 39.3 Å². The van der Waals surface area contributed by atoms with E-state index >= 15 is 0 Å². The molecule has 1 aromatic rings. The zero-order valence-electron chi connectivity index (χ0n) is 10.3. The van der Waals surface area contributed by atoms with E-state index in [9.17, 15) is 0 Å². The maximum atomic E-state index is 9.01. The quantitative estimate of drug-likeness (QED) is 0.728. The van der Waals surface area contributed by atoms with Gasteiger partial charge in [-0.2, -0.15) is 0 Å². The number of methoxy groups -OCH3 is 3. The predicted octanol–water partition coefficient (Wildman–Crippen LogP) is 1.19. The molecule has 0 unspecified atom stereocenters. The number of hydrogen-bond donors (Lipinski definition) is 1. The zero-order chi connectivity index (χ0) is 12.7. The first-order valence-corrected chi connectivity index (χ1v) is 5.21. The molecule has 0 atom stereocenters. The third-order valence-electron chi connectivity index (χ3n) is 2.31. The molecule has 96 valence electrons. The minimum Gasteiger partial charge on any atom is -0.493 e. The van der Waals surface area contributed by atoms with Gasteiger partial charge in [-0.1, -0.05) is 6.07 Å². The van der Waals surface area contributed by atoms with Gasteiger partial charge in [-0.3, -0.25) is 0 Å². The maximum absolute atomic E-state index is 9.01. The fourth-order valence-corrected chi connectivity index (χ4v) is 1.32. The second-order valence-corrected chi connectivity index (χ2v) is 3.36. The Hall–Kier alpha value is -1.30. The zero-order valence-corrected chi connectivity index (χ0v) is 10.3. The Bertz CT molecular complexity index is 336. The SMILES string of the molecule is COc1cc(CO)ccc1OCC(OC)OC. The summed E-state index contributed by atoms with van der Waals surface area (Å²) in [6.45, 7) is 0.233. The van der Waals surface area contributed by atoms with Crippen LogP contribution < -0.4 is 9.47 Å². The fraction of sp³-hybridized carbons (Fsp3) is 0.500. The van der Waals surface area contributed by atoms with E-state index in [-0.39, 0.29) is 13.2 Å². The minimum absolute atomic E-state index is 0.0323. The standard InChI is InChI=1S/C12H18O5/c1-14-11-6-9(7-13)4-5-10(11)17-8-12(15-2)16-3/h4-6,12-13H,7-8H2,1-3H3. The normalized spacial score (nSPS) is 10.6. The third kappa shape index (κ3) is 3.89. The van der Waals surface area contributed by atoms with Crippen LogP contribution >= 0.6 is 0 Å². The highest BCUT2D eigenvalue weighted by Gasteiger charge is 2.10. The van der Waals surface area contributed by atoms with Gasteiger partial charge < -0.3 is 24.1 Å². The first-order valence-electron chi connectivity index (χ1n) is 5.21. The first-order chi connectivity index (χ1) is 8.24. The lowest BCUT2D eigenvalue weighted by Crippen LogP contribution is -2.22. The summed E-state index contributed by atoms with van der Waals surface area (Å²) in [5.74, 6) is 1.16. The molecule has 0 fully saturated rings. The number of aliphatic hydroxyl groups is 1. The number of benzene rings is 1. The summed E-state index contributed by atoms with van der Waals surface area (Å²) >= 11 is 0. The second-order valence-electron chi connectivity index (χ2n) is 3.36. The van der Waals surface area contributed by atoms with Gasteiger partial charge in [0.25, 0.3) is 0 Å². The van der Waals surface area contributed by atoms with Crippen molar-refractivity contribution in [1.29, 1.82) is 0 Å². The van der Waals surface area contributed by atoms with E-state index in [0.717, 1.165) is 5.56 Å². The molecule has 1 N–H and O–H groups in total. The van der Waals surface area contributed by atoms with Crippen LogP contribution in [0.1, 0.15) is 5.56 Å². The van der Waals surface area contributed by atoms with Crippen LogP contribution in [0.25, 0.3) is 0 Å². The van der Waals surface area contributed by atoms with E-state index in [0.29, 0.717) is 11.5 Å². The third-order valence-corrected chi connectivity index (χ3v) is 2.31. The Balaban J connectivity index is 2.70. The van der Waals surface area contributed by atoms with Gasteiger partial charge in [-0.25, -0.2) is 0 Å². The molecule has 0 aromatic heterocycles. The van der Waals surface area contributed by atoms with E-state index in [1.165, 1.54) is 0 Å². The van der Waals surface area contributed by atoms with Crippen LogP contribution in [0.3, 0.4) is 0 Å². The Morgan fingerprint density at radius 3 is 2.35 bits per heavy atom. The molecular formula is C12H18O5. The van der Waals surface area contributed by atoms with E-state index in [1.807, 2.05) is 0 Å². The summed E-state index contributed by atoms with van der Waals surface area (Å²) in [5, 5.41) is 9.01. The number of hydrogen-bond acceptors (Lipinski definition) is 5. The fourth-order valence-electron chi connectivity index (χ4n) is 1.32. The Labute approximate surface area is 101 Å². The van der Waals surface area contributed by atoms with Crippen LogP contribution in [0, 0.1) is 0 Å². The van der Waals surface area contributed by atoms with Gasteiger partial charge >= 0.3 is 0 Å². The minimum atomic E-state index is -0.419. The predicted molar refractivity (Wildman–Crippen MR) is 62.2 cm³/mol. The van der Waals surface area contributed by atoms with Crippen molar-refractivity contribution >= 4 is 0 Å². The van der Waals surface area contributed by atoms with Gasteiger partial charge in [-0.05, 0) is 17.7 Å². The summed E-state index contributed by atoms with van der Waals surface area (Å²) in [7, 11) is 4.64. The lowest BCUT2D eigenvalue weighted by molar-refractivity contribution is -0.122.